The van der Waals surface area contributed by atoms with Gasteiger partial charge in [-0.05, 0) is 18.6 Å². The highest BCUT2D eigenvalue weighted by Gasteiger charge is 2.15. The van der Waals surface area contributed by atoms with Crippen LogP contribution < -0.4 is 0 Å². The Hall–Kier alpha value is -2.37. The summed E-state index contributed by atoms with van der Waals surface area (Å²) in [6.45, 7) is 2.47. The normalized spacial score (nSPS) is 10.7. The second-order valence-electron chi connectivity index (χ2n) is 4.79. The zero-order chi connectivity index (χ0) is 15.2. The molecule has 0 amide bonds. The molecule has 0 saturated carbocycles. The van der Waals surface area contributed by atoms with Crippen molar-refractivity contribution in [1.82, 2.24) is 0 Å². The van der Waals surface area contributed by atoms with E-state index in [-0.39, 0.29) is 11.4 Å². The summed E-state index contributed by atoms with van der Waals surface area (Å²) >= 11 is 0. The first kappa shape index (κ1) is 15.0. The van der Waals surface area contributed by atoms with E-state index in [0.717, 1.165) is 25.7 Å². The minimum Gasteiger partial charge on any atom is -0.460 e. The lowest BCUT2D eigenvalue weighted by Gasteiger charge is -2.01. The van der Waals surface area contributed by atoms with Gasteiger partial charge in [-0.15, -0.1) is 0 Å². The highest BCUT2D eigenvalue weighted by atomic mass is 16.6. The Morgan fingerprint density at radius 3 is 2.81 bits per heavy atom. The molecule has 0 aliphatic rings. The summed E-state index contributed by atoms with van der Waals surface area (Å²) in [7, 11) is 0. The molecule has 1 heterocycles. The van der Waals surface area contributed by atoms with Gasteiger partial charge < -0.3 is 9.15 Å². The van der Waals surface area contributed by atoms with E-state index in [0.29, 0.717) is 17.6 Å². The highest BCUT2D eigenvalue weighted by Crippen LogP contribution is 2.24. The van der Waals surface area contributed by atoms with E-state index < -0.39 is 10.9 Å². The molecule has 6 nitrogen and oxygen atoms in total. The summed E-state index contributed by atoms with van der Waals surface area (Å²) in [6.07, 6.45) is 4.09. The van der Waals surface area contributed by atoms with Gasteiger partial charge in [0.25, 0.3) is 5.69 Å². The average Bonchev–Trinajstić information content (AvgIpc) is 2.89. The Bertz CT molecular complexity index is 647. The van der Waals surface area contributed by atoms with E-state index in [9.17, 15) is 14.9 Å². The SMILES string of the molecule is CCCCCCOC(=O)c1cc2cc([N+](=O)[O-])ccc2o1. The number of non-ortho nitro benzene ring substituents is 1. The molecule has 0 bridgehead atoms. The second-order valence-corrected chi connectivity index (χ2v) is 4.79. The monoisotopic (exact) mass is 291 g/mol. The van der Waals surface area contributed by atoms with E-state index in [1.54, 1.807) is 0 Å². The Kier molecular flexibility index (Phi) is 4.92. The fraction of sp³-hybridized carbons (Fsp3) is 0.400. The number of nitro groups is 1. The molecule has 0 unspecified atom stereocenters. The van der Waals surface area contributed by atoms with Crippen LogP contribution in [0.1, 0.15) is 43.2 Å². The molecular formula is C15H17NO5. The first-order chi connectivity index (χ1) is 10.1. The lowest BCUT2D eigenvalue weighted by atomic mass is 10.2. The van der Waals surface area contributed by atoms with Crippen LogP contribution in [0.2, 0.25) is 0 Å². The smallest absolute Gasteiger partial charge is 0.374 e. The zero-order valence-corrected chi connectivity index (χ0v) is 11.8. The highest BCUT2D eigenvalue weighted by molar-refractivity contribution is 5.93. The molecule has 0 fully saturated rings. The molecule has 21 heavy (non-hydrogen) atoms. The third-order valence-corrected chi connectivity index (χ3v) is 3.14. The minimum atomic E-state index is -0.537. The van der Waals surface area contributed by atoms with Gasteiger partial charge in [-0.3, -0.25) is 10.1 Å². The minimum absolute atomic E-state index is 0.0391. The van der Waals surface area contributed by atoms with Gasteiger partial charge in [0.1, 0.15) is 5.58 Å². The number of nitrogens with zero attached hydrogens (tertiary/aromatic N) is 1. The zero-order valence-electron chi connectivity index (χ0n) is 11.8. The van der Waals surface area contributed by atoms with E-state index in [4.69, 9.17) is 9.15 Å². The third kappa shape index (κ3) is 3.81. The summed E-state index contributed by atoms with van der Waals surface area (Å²) in [4.78, 5) is 22.0. The molecular weight excluding hydrogens is 274 g/mol. The van der Waals surface area contributed by atoms with Gasteiger partial charge >= 0.3 is 5.97 Å². The van der Waals surface area contributed by atoms with Gasteiger partial charge in [0.15, 0.2) is 0 Å². The lowest BCUT2D eigenvalue weighted by molar-refractivity contribution is -0.384. The number of esters is 1. The second kappa shape index (κ2) is 6.88. The summed E-state index contributed by atoms with van der Waals surface area (Å²) in [5, 5.41) is 11.2. The van der Waals surface area contributed by atoms with Gasteiger partial charge in [0.2, 0.25) is 5.76 Å². The number of ether oxygens (including phenoxy) is 1. The molecule has 1 aromatic carbocycles. The predicted octanol–water partition coefficient (Wildman–Crippen LogP) is 4.08. The molecule has 6 heteroatoms. The van der Waals surface area contributed by atoms with Crippen molar-refractivity contribution in [2.75, 3.05) is 6.61 Å². The standard InChI is InChI=1S/C15H17NO5/c1-2-3-4-5-8-20-15(17)14-10-11-9-12(16(18)19)6-7-13(11)21-14/h6-7,9-10H,2-5,8H2,1H3. The Morgan fingerprint density at radius 1 is 1.29 bits per heavy atom. The van der Waals surface area contributed by atoms with Crippen molar-refractivity contribution in [1.29, 1.82) is 0 Å². The van der Waals surface area contributed by atoms with E-state index >= 15 is 0 Å². The molecule has 0 radical (unpaired) electrons. The third-order valence-electron chi connectivity index (χ3n) is 3.14. The molecule has 112 valence electrons. The number of carbonyl (C=O) groups is 1. The number of nitro benzene ring substituents is 1. The molecule has 2 rings (SSSR count). The Labute approximate surface area is 121 Å². The summed E-state index contributed by atoms with van der Waals surface area (Å²) in [6, 6.07) is 5.66. The number of furan rings is 1. The van der Waals surface area contributed by atoms with Crippen LogP contribution in [0.25, 0.3) is 11.0 Å². The van der Waals surface area contributed by atoms with Gasteiger partial charge in [-0.25, -0.2) is 4.79 Å². The van der Waals surface area contributed by atoms with E-state index in [2.05, 4.69) is 6.92 Å². The van der Waals surface area contributed by atoms with Crippen molar-refractivity contribution >= 4 is 22.6 Å². The van der Waals surface area contributed by atoms with Gasteiger partial charge in [0.05, 0.1) is 11.5 Å². The molecule has 1 aromatic heterocycles. The number of hydrogen-bond acceptors (Lipinski definition) is 5. The van der Waals surface area contributed by atoms with Gasteiger partial charge in [-0.2, -0.15) is 0 Å². The van der Waals surface area contributed by atoms with Crippen molar-refractivity contribution in [3.8, 4) is 0 Å². The quantitative estimate of drug-likeness (QED) is 0.332. The molecule has 0 aliphatic carbocycles. The predicted molar refractivity (Wildman–Crippen MR) is 77.3 cm³/mol. The van der Waals surface area contributed by atoms with Gasteiger partial charge in [-0.1, -0.05) is 26.2 Å². The molecule has 2 aromatic rings. The maximum atomic E-state index is 11.8. The molecule has 0 spiro atoms. The number of carbonyl (C=O) groups excluding carboxylic acids is 1. The number of unbranched alkanes of at least 4 members (excludes halogenated alkanes) is 3. The van der Waals surface area contributed by atoms with Crippen LogP contribution in [0.4, 0.5) is 5.69 Å². The molecule has 0 aliphatic heterocycles. The van der Waals surface area contributed by atoms with Crippen LogP contribution in [-0.2, 0) is 4.74 Å². The largest absolute Gasteiger partial charge is 0.460 e. The van der Waals surface area contributed by atoms with Crippen molar-refractivity contribution in [2.45, 2.75) is 32.6 Å². The Morgan fingerprint density at radius 2 is 2.10 bits per heavy atom. The fourth-order valence-electron chi connectivity index (χ4n) is 2.01. The van der Waals surface area contributed by atoms with Crippen molar-refractivity contribution in [3.63, 3.8) is 0 Å². The number of hydrogen-bond donors (Lipinski definition) is 0. The number of benzene rings is 1. The first-order valence-electron chi connectivity index (χ1n) is 6.97. The molecule has 0 N–H and O–H groups in total. The van der Waals surface area contributed by atoms with Crippen LogP contribution in [0.3, 0.4) is 0 Å². The van der Waals surface area contributed by atoms with Crippen molar-refractivity contribution < 1.29 is 18.9 Å². The summed E-state index contributed by atoms with van der Waals surface area (Å²) < 4.78 is 10.5. The average molecular weight is 291 g/mol. The van der Waals surface area contributed by atoms with Crippen LogP contribution in [0, 0.1) is 10.1 Å². The molecule has 0 atom stereocenters. The number of rotatable bonds is 7. The van der Waals surface area contributed by atoms with Crippen molar-refractivity contribution in [3.05, 3.63) is 40.1 Å². The van der Waals surface area contributed by atoms with Crippen LogP contribution in [0.15, 0.2) is 28.7 Å². The van der Waals surface area contributed by atoms with E-state index in [1.165, 1.54) is 24.3 Å². The lowest BCUT2D eigenvalue weighted by Crippen LogP contribution is -2.05. The topological polar surface area (TPSA) is 82.6 Å². The maximum absolute atomic E-state index is 11.8. The van der Waals surface area contributed by atoms with Gasteiger partial charge in [0, 0.05) is 17.5 Å². The maximum Gasteiger partial charge on any atom is 0.374 e. The Balaban J connectivity index is 2.01. The number of fused-ring (bicyclic) bond motifs is 1. The summed E-state index contributed by atoms with van der Waals surface area (Å²) in [5.41, 5.74) is 0.390. The van der Waals surface area contributed by atoms with Crippen LogP contribution in [0.5, 0.6) is 0 Å². The van der Waals surface area contributed by atoms with E-state index in [1.807, 2.05) is 0 Å². The first-order valence-corrected chi connectivity index (χ1v) is 6.97. The van der Waals surface area contributed by atoms with Crippen LogP contribution >= 0.6 is 0 Å². The van der Waals surface area contributed by atoms with Crippen LogP contribution in [-0.4, -0.2) is 17.5 Å². The summed E-state index contributed by atoms with van der Waals surface area (Å²) in [5.74, 6) is -0.466. The van der Waals surface area contributed by atoms with Crippen molar-refractivity contribution in [2.24, 2.45) is 0 Å². The fourth-order valence-corrected chi connectivity index (χ4v) is 2.01. The molecule has 0 saturated heterocycles.